The van der Waals surface area contributed by atoms with Crippen molar-refractivity contribution in [2.45, 2.75) is 70.1 Å². The molecule has 198 valence electrons. The average Bonchev–Trinajstić information content (AvgIpc) is 3.21. The lowest BCUT2D eigenvalue weighted by atomic mass is 9.85. The molecule has 1 unspecified atom stereocenters. The summed E-state index contributed by atoms with van der Waals surface area (Å²) in [4.78, 5) is 25.7. The number of aromatic nitrogens is 4. The van der Waals surface area contributed by atoms with E-state index in [2.05, 4.69) is 22.5 Å². The van der Waals surface area contributed by atoms with E-state index in [-0.39, 0.29) is 46.0 Å². The van der Waals surface area contributed by atoms with Gasteiger partial charge in [-0.2, -0.15) is 4.98 Å². The summed E-state index contributed by atoms with van der Waals surface area (Å²) in [7, 11) is 0. The molecule has 0 bridgehead atoms. The lowest BCUT2D eigenvalue weighted by molar-refractivity contribution is -0.122. The number of fused-ring (bicyclic) bond motifs is 1. The third-order valence-corrected chi connectivity index (χ3v) is 8.22. The van der Waals surface area contributed by atoms with E-state index < -0.39 is 5.82 Å². The third-order valence-electron chi connectivity index (χ3n) is 7.63. The highest BCUT2D eigenvalue weighted by molar-refractivity contribution is 6.39. The number of nitrogens with zero attached hydrogens (tertiary/aromatic N) is 4. The third kappa shape index (κ3) is 5.46. The summed E-state index contributed by atoms with van der Waals surface area (Å²) in [5.74, 6) is 0.196. The summed E-state index contributed by atoms with van der Waals surface area (Å²) in [6.45, 7) is 2.06. The fourth-order valence-electron chi connectivity index (χ4n) is 5.40. The van der Waals surface area contributed by atoms with Crippen molar-refractivity contribution in [3.05, 3.63) is 34.2 Å². The molecule has 0 radical (unpaired) electrons. The van der Waals surface area contributed by atoms with Crippen LogP contribution in [0.1, 0.15) is 57.9 Å². The Morgan fingerprint density at radius 2 is 1.84 bits per heavy atom. The van der Waals surface area contributed by atoms with Crippen LogP contribution in [0.5, 0.6) is 0 Å². The van der Waals surface area contributed by atoms with Crippen LogP contribution in [0.4, 0.5) is 22.0 Å². The summed E-state index contributed by atoms with van der Waals surface area (Å²) >= 11 is 12.6. The normalized spacial score (nSPS) is 26.2. The quantitative estimate of drug-likeness (QED) is 0.332. The zero-order chi connectivity index (χ0) is 26.3. The van der Waals surface area contributed by atoms with Crippen molar-refractivity contribution in [1.82, 2.24) is 19.5 Å². The molecular weight excluding hydrogens is 520 g/mol. The van der Waals surface area contributed by atoms with Gasteiger partial charge < -0.3 is 21.5 Å². The fraction of sp³-hybridized carbons (Fsp3) is 0.520. The van der Waals surface area contributed by atoms with Gasteiger partial charge in [0.1, 0.15) is 11.3 Å². The van der Waals surface area contributed by atoms with E-state index in [1.54, 1.807) is 6.20 Å². The number of rotatable bonds is 6. The maximum atomic E-state index is 13.8. The summed E-state index contributed by atoms with van der Waals surface area (Å²) in [5.41, 5.74) is 7.07. The number of aliphatic hydroxyl groups excluding tert-OH is 1. The average molecular weight is 550 g/mol. The second-order valence-electron chi connectivity index (χ2n) is 10.2. The van der Waals surface area contributed by atoms with Crippen LogP contribution in [0.15, 0.2) is 18.3 Å². The fourth-order valence-corrected chi connectivity index (χ4v) is 5.95. The predicted molar refractivity (Wildman–Crippen MR) is 142 cm³/mol. The summed E-state index contributed by atoms with van der Waals surface area (Å²) in [5, 5.41) is 17.1. The van der Waals surface area contributed by atoms with Crippen LogP contribution < -0.4 is 16.4 Å². The van der Waals surface area contributed by atoms with E-state index in [9.17, 15) is 14.3 Å². The number of carbonyl (C=O) groups excluding carboxylic acids is 1. The molecule has 2 aliphatic carbocycles. The minimum atomic E-state index is -0.539. The molecule has 12 heteroatoms. The van der Waals surface area contributed by atoms with Crippen LogP contribution in [0, 0.1) is 17.7 Å². The van der Waals surface area contributed by atoms with Crippen molar-refractivity contribution in [2.75, 3.05) is 10.6 Å². The highest BCUT2D eigenvalue weighted by Gasteiger charge is 2.30. The minimum absolute atomic E-state index is 0.0128. The smallest absolute Gasteiger partial charge is 0.224 e. The van der Waals surface area contributed by atoms with E-state index in [0.29, 0.717) is 60.9 Å². The number of aliphatic hydroxyl groups is 1. The number of primary amides is 1. The van der Waals surface area contributed by atoms with Crippen LogP contribution in [0.25, 0.3) is 11.2 Å². The molecule has 2 heterocycles. The number of imidazole rings is 1. The second kappa shape index (κ2) is 10.6. The number of hydrogen-bond acceptors (Lipinski definition) is 7. The van der Waals surface area contributed by atoms with Crippen molar-refractivity contribution in [3.63, 3.8) is 0 Å². The van der Waals surface area contributed by atoms with Gasteiger partial charge in [-0.25, -0.2) is 14.4 Å². The Kier molecular flexibility index (Phi) is 7.42. The highest BCUT2D eigenvalue weighted by atomic mass is 35.5. The molecule has 2 aliphatic rings. The van der Waals surface area contributed by atoms with Crippen molar-refractivity contribution < 1.29 is 14.3 Å². The lowest BCUT2D eigenvalue weighted by Gasteiger charge is -2.31. The summed E-state index contributed by atoms with van der Waals surface area (Å²) in [6.07, 6.45) is 6.50. The van der Waals surface area contributed by atoms with Crippen molar-refractivity contribution in [3.8, 4) is 0 Å². The Balaban J connectivity index is 1.50. The molecule has 2 fully saturated rings. The summed E-state index contributed by atoms with van der Waals surface area (Å²) in [6, 6.07) is 2.42. The molecule has 0 aliphatic heterocycles. The molecule has 2 aromatic heterocycles. The number of hydrogen-bond donors (Lipinski definition) is 4. The van der Waals surface area contributed by atoms with Gasteiger partial charge in [0.2, 0.25) is 17.8 Å². The Morgan fingerprint density at radius 3 is 2.49 bits per heavy atom. The maximum Gasteiger partial charge on any atom is 0.224 e. The number of nitrogens with two attached hydrogens (primary N) is 1. The van der Waals surface area contributed by atoms with Crippen molar-refractivity contribution >= 4 is 57.9 Å². The molecule has 9 nitrogen and oxygen atoms in total. The zero-order valence-corrected chi connectivity index (χ0v) is 21.9. The molecule has 1 amide bonds. The topological polar surface area (TPSA) is 131 Å². The number of halogens is 3. The number of amides is 1. The van der Waals surface area contributed by atoms with Gasteiger partial charge in [-0.05, 0) is 63.0 Å². The molecular formula is C25H30Cl2FN7O2. The number of anilines is 3. The first-order chi connectivity index (χ1) is 17.7. The second-order valence-corrected chi connectivity index (χ2v) is 11.0. The van der Waals surface area contributed by atoms with E-state index in [1.807, 2.05) is 4.57 Å². The molecule has 5 rings (SSSR count). The van der Waals surface area contributed by atoms with Crippen molar-refractivity contribution in [2.24, 2.45) is 17.6 Å². The monoisotopic (exact) mass is 549 g/mol. The Bertz CT molecular complexity index is 1290. The first kappa shape index (κ1) is 25.9. The van der Waals surface area contributed by atoms with E-state index in [4.69, 9.17) is 38.9 Å². The molecule has 2 saturated carbocycles. The highest BCUT2D eigenvalue weighted by Crippen LogP contribution is 2.39. The van der Waals surface area contributed by atoms with Gasteiger partial charge in [0, 0.05) is 18.0 Å². The predicted octanol–water partition coefficient (Wildman–Crippen LogP) is 5.19. The van der Waals surface area contributed by atoms with Gasteiger partial charge in [-0.15, -0.1) is 0 Å². The standard InChI is InChI=1S/C25H30Cl2FN7O2/c1-12-2-5-15(10-20(12)36)31-24-30-11-19-23(34-24)35(16-6-3-13(4-7-16)22(29)37)25(32-19)33-21-17(26)8-14(28)9-18(21)27/h8-9,11-13,15-16,20,36H,2-7,10H2,1H3,(H2,29,37)(H,32,33)(H,30,31,34)/t12-,13-,15-,16+,20?/m1/s1. The van der Waals surface area contributed by atoms with Gasteiger partial charge in [0.25, 0.3) is 0 Å². The molecule has 37 heavy (non-hydrogen) atoms. The maximum absolute atomic E-state index is 13.8. The molecule has 1 aromatic carbocycles. The SMILES string of the molecule is C[C@@H]1CC[C@@H](Nc2ncc3nc(Nc4c(Cl)cc(F)cc4Cl)n([C@H]4CC[C@@H](C(N)=O)CC4)c3n2)CC1O. The van der Waals surface area contributed by atoms with Crippen molar-refractivity contribution in [1.29, 1.82) is 0 Å². The molecule has 5 N–H and O–H groups in total. The Morgan fingerprint density at radius 1 is 1.14 bits per heavy atom. The largest absolute Gasteiger partial charge is 0.393 e. The van der Waals surface area contributed by atoms with Crippen LogP contribution in [0.3, 0.4) is 0 Å². The van der Waals surface area contributed by atoms with Gasteiger partial charge in [-0.3, -0.25) is 9.36 Å². The molecule has 0 spiro atoms. The van der Waals surface area contributed by atoms with Gasteiger partial charge in [0.15, 0.2) is 5.65 Å². The first-order valence-electron chi connectivity index (χ1n) is 12.6. The number of nitrogens with one attached hydrogen (secondary N) is 2. The Hall–Kier alpha value is -2.69. The molecule has 3 atom stereocenters. The number of benzene rings is 1. The van der Waals surface area contributed by atoms with E-state index in [0.717, 1.165) is 12.8 Å². The van der Waals surface area contributed by atoms with Gasteiger partial charge in [0.05, 0.1) is 28.0 Å². The van der Waals surface area contributed by atoms with E-state index >= 15 is 0 Å². The van der Waals surface area contributed by atoms with Crippen LogP contribution >= 0.6 is 23.2 Å². The first-order valence-corrected chi connectivity index (χ1v) is 13.4. The Labute approximate surface area is 224 Å². The lowest BCUT2D eigenvalue weighted by Crippen LogP contribution is -2.35. The molecule has 3 aromatic rings. The van der Waals surface area contributed by atoms with Gasteiger partial charge in [-0.1, -0.05) is 30.1 Å². The summed E-state index contributed by atoms with van der Waals surface area (Å²) < 4.78 is 15.8. The zero-order valence-electron chi connectivity index (χ0n) is 20.4. The van der Waals surface area contributed by atoms with Crippen LogP contribution in [0.2, 0.25) is 10.0 Å². The van der Waals surface area contributed by atoms with Crippen LogP contribution in [-0.2, 0) is 4.79 Å². The molecule has 0 saturated heterocycles. The minimum Gasteiger partial charge on any atom is -0.393 e. The van der Waals surface area contributed by atoms with Gasteiger partial charge >= 0.3 is 0 Å². The number of carbonyl (C=O) groups is 1. The van der Waals surface area contributed by atoms with Crippen LogP contribution in [-0.4, -0.2) is 42.7 Å². The van der Waals surface area contributed by atoms with E-state index in [1.165, 1.54) is 12.1 Å².